The van der Waals surface area contributed by atoms with Crippen LogP contribution in [0.4, 0.5) is 29.3 Å². The fourth-order valence-electron chi connectivity index (χ4n) is 2.77. The third kappa shape index (κ3) is 5.34. The predicted octanol–water partition coefficient (Wildman–Crippen LogP) is 4.57. The van der Waals surface area contributed by atoms with Crippen molar-refractivity contribution in [1.29, 1.82) is 0 Å². The maximum atomic E-state index is 12.8. The van der Waals surface area contributed by atoms with E-state index in [1.54, 1.807) is 4.90 Å². The smallest absolute Gasteiger partial charge is 0.325 e. The summed E-state index contributed by atoms with van der Waals surface area (Å²) in [5.41, 5.74) is -1.31. The van der Waals surface area contributed by atoms with Crippen molar-refractivity contribution in [2.45, 2.75) is 35.4 Å². The Morgan fingerprint density at radius 3 is 2.59 bits per heavy atom. The van der Waals surface area contributed by atoms with Crippen LogP contribution in [0.25, 0.3) is 0 Å². The highest BCUT2D eigenvalue weighted by atomic mass is 32.2. The molecule has 0 atom stereocenters. The van der Waals surface area contributed by atoms with E-state index in [1.807, 2.05) is 0 Å². The van der Waals surface area contributed by atoms with Gasteiger partial charge in [0.1, 0.15) is 5.03 Å². The number of anilines is 1. The van der Waals surface area contributed by atoms with Crippen molar-refractivity contribution >= 4 is 29.2 Å². The number of nitrogens with one attached hydrogen (secondary N) is 1. The number of carbonyl (C=O) groups is 1. The number of aromatic nitrogens is 2. The number of nitrogens with zero attached hydrogens (tertiary/aromatic N) is 4. The van der Waals surface area contributed by atoms with Gasteiger partial charge >= 0.3 is 12.2 Å². The number of rotatable bonds is 4. The number of likely N-dealkylation sites (tertiary alicyclic amines) is 1. The molecule has 1 saturated heterocycles. The van der Waals surface area contributed by atoms with Gasteiger partial charge in [-0.2, -0.15) is 13.2 Å². The average Bonchev–Trinajstić information content (AvgIpc) is 2.69. The lowest BCUT2D eigenvalue weighted by Crippen LogP contribution is -2.38. The zero-order chi connectivity index (χ0) is 21.0. The molecule has 1 fully saturated rings. The molecule has 2 aromatic rings. The van der Waals surface area contributed by atoms with Gasteiger partial charge in [0.25, 0.3) is 5.69 Å². The Morgan fingerprint density at radius 1 is 1.21 bits per heavy atom. The summed E-state index contributed by atoms with van der Waals surface area (Å²) in [6.07, 6.45) is -0.132. The second kappa shape index (κ2) is 8.64. The number of hydrogen-bond acceptors (Lipinski definition) is 6. The molecule has 0 bridgehead atoms. The second-order valence-corrected chi connectivity index (χ2v) is 7.32. The van der Waals surface area contributed by atoms with Crippen molar-refractivity contribution in [2.75, 3.05) is 18.4 Å². The summed E-state index contributed by atoms with van der Waals surface area (Å²) in [5, 5.41) is 13.9. The van der Waals surface area contributed by atoms with Crippen molar-refractivity contribution in [3.05, 3.63) is 46.4 Å². The normalized spacial score (nSPS) is 14.5. The molecule has 1 aromatic carbocycles. The first-order valence-corrected chi connectivity index (χ1v) is 9.47. The highest BCUT2D eigenvalue weighted by Gasteiger charge is 2.33. The Labute approximate surface area is 167 Å². The molecule has 2 amide bonds. The zero-order valence-electron chi connectivity index (χ0n) is 15.0. The summed E-state index contributed by atoms with van der Waals surface area (Å²) in [7, 11) is 0. The summed E-state index contributed by atoms with van der Waals surface area (Å²) < 4.78 is 38.3. The number of hydrogen-bond donors (Lipinski definition) is 1. The zero-order valence-corrected chi connectivity index (χ0v) is 15.8. The lowest BCUT2D eigenvalue weighted by atomic mass is 10.1. The third-order valence-corrected chi connectivity index (χ3v) is 5.14. The van der Waals surface area contributed by atoms with E-state index in [9.17, 15) is 28.1 Å². The summed E-state index contributed by atoms with van der Waals surface area (Å²) in [6, 6.07) is 3.64. The molecule has 0 spiro atoms. The highest BCUT2D eigenvalue weighted by molar-refractivity contribution is 7.99. The number of urea groups is 1. The Bertz CT molecular complexity index is 919. The Balaban J connectivity index is 1.80. The third-order valence-electron chi connectivity index (χ3n) is 4.17. The topological polar surface area (TPSA) is 101 Å². The van der Waals surface area contributed by atoms with Crippen LogP contribution in [-0.4, -0.2) is 38.9 Å². The van der Waals surface area contributed by atoms with E-state index in [0.717, 1.165) is 25.5 Å². The van der Waals surface area contributed by atoms with Gasteiger partial charge in [0.05, 0.1) is 22.2 Å². The maximum absolute atomic E-state index is 12.8. The van der Waals surface area contributed by atoms with Crippen molar-refractivity contribution in [3.63, 3.8) is 0 Å². The van der Waals surface area contributed by atoms with Crippen LogP contribution in [0.3, 0.4) is 0 Å². The van der Waals surface area contributed by atoms with Crippen LogP contribution in [0.1, 0.15) is 25.0 Å². The number of halogens is 3. The SMILES string of the molecule is O=C(Nc1ccc(Sc2cncc(C(F)(F)F)n2)c([N+](=O)[O-])c1)N1CCCCC1. The number of benzene rings is 1. The Hall–Kier alpha value is -2.89. The molecule has 8 nitrogen and oxygen atoms in total. The molecule has 29 heavy (non-hydrogen) atoms. The minimum Gasteiger partial charge on any atom is -0.325 e. The molecule has 3 rings (SSSR count). The van der Waals surface area contributed by atoms with Crippen molar-refractivity contribution in [1.82, 2.24) is 14.9 Å². The van der Waals surface area contributed by atoms with Gasteiger partial charge in [-0.15, -0.1) is 0 Å². The summed E-state index contributed by atoms with van der Waals surface area (Å²) >= 11 is 0.690. The van der Waals surface area contributed by atoms with Gasteiger partial charge < -0.3 is 10.2 Å². The first-order valence-electron chi connectivity index (χ1n) is 8.65. The molecule has 0 saturated carbocycles. The molecule has 0 radical (unpaired) electrons. The molecule has 2 heterocycles. The van der Waals surface area contributed by atoms with E-state index < -0.39 is 16.8 Å². The molecule has 1 aromatic heterocycles. The van der Waals surface area contributed by atoms with Crippen LogP contribution >= 0.6 is 11.8 Å². The van der Waals surface area contributed by atoms with E-state index in [4.69, 9.17) is 0 Å². The molecule has 1 N–H and O–H groups in total. The number of nitro benzene ring substituents is 1. The van der Waals surface area contributed by atoms with Crippen LogP contribution in [0, 0.1) is 10.1 Å². The average molecular weight is 427 g/mol. The van der Waals surface area contributed by atoms with Crippen molar-refractivity contribution < 1.29 is 22.9 Å². The highest BCUT2D eigenvalue weighted by Crippen LogP contribution is 2.36. The quantitative estimate of drug-likeness (QED) is 0.566. The van der Waals surface area contributed by atoms with Gasteiger partial charge in [-0.25, -0.2) is 9.78 Å². The van der Waals surface area contributed by atoms with E-state index in [1.165, 1.54) is 18.2 Å². The first kappa shape index (κ1) is 20.8. The lowest BCUT2D eigenvalue weighted by Gasteiger charge is -2.26. The van der Waals surface area contributed by atoms with Crippen LogP contribution in [0.15, 0.2) is 40.5 Å². The number of nitro groups is 1. The minimum absolute atomic E-state index is 0.0830. The Morgan fingerprint density at radius 2 is 1.93 bits per heavy atom. The monoisotopic (exact) mass is 427 g/mol. The largest absolute Gasteiger partial charge is 0.434 e. The predicted molar refractivity (Wildman–Crippen MR) is 98.7 cm³/mol. The maximum Gasteiger partial charge on any atom is 0.434 e. The summed E-state index contributed by atoms with van der Waals surface area (Å²) in [6.45, 7) is 1.24. The molecule has 12 heteroatoms. The fraction of sp³-hybridized carbons (Fsp3) is 0.353. The molecule has 1 aliphatic heterocycles. The summed E-state index contributed by atoms with van der Waals surface area (Å²) in [5.74, 6) is 0. The minimum atomic E-state index is -4.67. The van der Waals surface area contributed by atoms with Crippen molar-refractivity contribution in [3.8, 4) is 0 Å². The first-order chi connectivity index (χ1) is 13.7. The number of amides is 2. The fourth-order valence-corrected chi connectivity index (χ4v) is 3.63. The van der Waals surface area contributed by atoms with Crippen LogP contribution in [0.2, 0.25) is 0 Å². The van der Waals surface area contributed by atoms with Gasteiger partial charge in [0, 0.05) is 24.8 Å². The van der Waals surface area contributed by atoms with Gasteiger partial charge in [0.15, 0.2) is 5.69 Å². The molecular formula is C17H16F3N5O3S. The van der Waals surface area contributed by atoms with E-state index in [0.29, 0.717) is 31.0 Å². The number of piperidine rings is 1. The van der Waals surface area contributed by atoms with E-state index in [-0.39, 0.29) is 27.3 Å². The van der Waals surface area contributed by atoms with Gasteiger partial charge in [-0.1, -0.05) is 11.8 Å². The van der Waals surface area contributed by atoms with Crippen LogP contribution in [0.5, 0.6) is 0 Å². The van der Waals surface area contributed by atoms with Crippen LogP contribution < -0.4 is 5.32 Å². The molecule has 1 aliphatic rings. The molecular weight excluding hydrogens is 411 g/mol. The van der Waals surface area contributed by atoms with Crippen LogP contribution in [-0.2, 0) is 6.18 Å². The molecule has 0 unspecified atom stereocenters. The molecule has 154 valence electrons. The number of carbonyl (C=O) groups excluding carboxylic acids is 1. The van der Waals surface area contributed by atoms with Gasteiger partial charge in [0.2, 0.25) is 0 Å². The summed E-state index contributed by atoms with van der Waals surface area (Å²) in [4.78, 5) is 31.7. The second-order valence-electron chi connectivity index (χ2n) is 6.26. The standard InChI is InChI=1S/C17H16F3N5O3S/c18-17(19,20)14-9-21-10-15(23-14)29-13-5-4-11(8-12(13)25(27)28)22-16(26)24-6-2-1-3-7-24/h4-5,8-10H,1-3,6-7H2,(H,22,26). The lowest BCUT2D eigenvalue weighted by molar-refractivity contribution is -0.387. The van der Waals surface area contributed by atoms with E-state index in [2.05, 4.69) is 15.3 Å². The Kier molecular flexibility index (Phi) is 6.20. The van der Waals surface area contributed by atoms with E-state index >= 15 is 0 Å². The van der Waals surface area contributed by atoms with Gasteiger partial charge in [-0.05, 0) is 31.4 Å². The van der Waals surface area contributed by atoms with Crippen molar-refractivity contribution in [2.24, 2.45) is 0 Å². The van der Waals surface area contributed by atoms with Gasteiger partial charge in [-0.3, -0.25) is 15.1 Å². The number of alkyl halides is 3. The molecule has 0 aliphatic carbocycles.